The van der Waals surface area contributed by atoms with E-state index >= 15 is 0 Å². The number of carbonyl (C=O) groups is 1. The molecule has 0 aliphatic rings. The van der Waals surface area contributed by atoms with Gasteiger partial charge in [0, 0.05) is 11.3 Å². The van der Waals surface area contributed by atoms with Crippen molar-refractivity contribution in [3.8, 4) is 0 Å². The molecule has 0 heterocycles. The number of rotatable bonds is 6. The zero-order valence-electron chi connectivity index (χ0n) is 14.5. The van der Waals surface area contributed by atoms with Gasteiger partial charge in [0.1, 0.15) is 6.54 Å². The van der Waals surface area contributed by atoms with Crippen LogP contribution in [0.3, 0.4) is 0 Å². The maximum absolute atomic E-state index is 12.4. The van der Waals surface area contributed by atoms with Gasteiger partial charge in [0.15, 0.2) is 6.04 Å². The maximum Gasteiger partial charge on any atom is 0.282 e. The normalized spacial score (nSPS) is 13.6. The van der Waals surface area contributed by atoms with Crippen LogP contribution in [0.1, 0.15) is 37.8 Å². The Morgan fingerprint density at radius 1 is 1.00 bits per heavy atom. The fourth-order valence-electron chi connectivity index (χ4n) is 2.49. The summed E-state index contributed by atoms with van der Waals surface area (Å²) in [6.45, 7) is 7.20. The van der Waals surface area contributed by atoms with Crippen molar-refractivity contribution >= 4 is 11.6 Å². The van der Waals surface area contributed by atoms with E-state index in [2.05, 4.69) is 50.5 Å². The van der Waals surface area contributed by atoms with E-state index in [0.717, 1.165) is 12.2 Å². The number of likely N-dealkylation sites (N-methyl/N-ethyl adjacent to an activating group) is 1. The molecule has 1 amide bonds. The van der Waals surface area contributed by atoms with Gasteiger partial charge < -0.3 is 10.2 Å². The quantitative estimate of drug-likeness (QED) is 0.845. The van der Waals surface area contributed by atoms with E-state index in [1.54, 1.807) is 0 Å². The van der Waals surface area contributed by atoms with E-state index in [0.29, 0.717) is 5.92 Å². The Hall–Kier alpha value is -2.13. The molecule has 2 aromatic carbocycles. The molecule has 2 rings (SSSR count). The van der Waals surface area contributed by atoms with Gasteiger partial charge in [0.2, 0.25) is 0 Å². The highest BCUT2D eigenvalue weighted by Gasteiger charge is 2.22. The molecular weight excluding hydrogens is 284 g/mol. The zero-order valence-corrected chi connectivity index (χ0v) is 14.5. The minimum Gasteiger partial charge on any atom is -0.324 e. The van der Waals surface area contributed by atoms with Crippen molar-refractivity contribution < 1.29 is 9.69 Å². The van der Waals surface area contributed by atoms with Gasteiger partial charge in [0.25, 0.3) is 5.91 Å². The third kappa shape index (κ3) is 4.93. The summed E-state index contributed by atoms with van der Waals surface area (Å²) < 4.78 is 0. The standard InChI is InChI=1S/C20H26N2O/c1-15(2)18-12-10-17(11-13-18)14-22(4)16(3)20(23)21-19-8-6-5-7-9-19/h5-13,15-16H,14H2,1-4H3,(H,21,23)/p+1/t16-/m0/s1. The first-order chi connectivity index (χ1) is 11.0. The van der Waals surface area contributed by atoms with Crippen molar-refractivity contribution in [2.45, 2.75) is 39.3 Å². The first-order valence-electron chi connectivity index (χ1n) is 8.24. The molecule has 0 aliphatic carbocycles. The molecule has 3 nitrogen and oxygen atoms in total. The summed E-state index contributed by atoms with van der Waals surface area (Å²) in [5, 5.41) is 2.97. The molecule has 122 valence electrons. The van der Waals surface area contributed by atoms with Crippen molar-refractivity contribution in [3.05, 3.63) is 65.7 Å². The number of carbonyl (C=O) groups excluding carboxylic acids is 1. The van der Waals surface area contributed by atoms with Gasteiger partial charge in [-0.25, -0.2) is 0 Å². The molecule has 0 fully saturated rings. The summed E-state index contributed by atoms with van der Waals surface area (Å²) in [7, 11) is 2.06. The third-order valence-electron chi connectivity index (χ3n) is 4.30. The summed E-state index contributed by atoms with van der Waals surface area (Å²) in [6.07, 6.45) is 0. The van der Waals surface area contributed by atoms with Gasteiger partial charge in [-0.15, -0.1) is 0 Å². The van der Waals surface area contributed by atoms with Gasteiger partial charge in [-0.1, -0.05) is 56.3 Å². The maximum atomic E-state index is 12.4. The third-order valence-corrected chi connectivity index (χ3v) is 4.30. The second kappa shape index (κ2) is 7.93. The van der Waals surface area contributed by atoms with Crippen LogP contribution in [-0.2, 0) is 11.3 Å². The van der Waals surface area contributed by atoms with Gasteiger partial charge in [-0.2, -0.15) is 0 Å². The van der Waals surface area contributed by atoms with Crippen LogP contribution in [0.4, 0.5) is 5.69 Å². The molecule has 2 N–H and O–H groups in total. The Bertz CT molecular complexity index is 620. The molecule has 1 unspecified atom stereocenters. The van der Waals surface area contributed by atoms with Crippen molar-refractivity contribution in [3.63, 3.8) is 0 Å². The second-order valence-corrected chi connectivity index (χ2v) is 6.50. The number of nitrogens with one attached hydrogen (secondary N) is 2. The van der Waals surface area contributed by atoms with Crippen LogP contribution in [0.15, 0.2) is 54.6 Å². The van der Waals surface area contributed by atoms with E-state index in [9.17, 15) is 4.79 Å². The van der Waals surface area contributed by atoms with Crippen LogP contribution in [0.5, 0.6) is 0 Å². The molecule has 0 aliphatic heterocycles. The number of para-hydroxylation sites is 1. The number of anilines is 1. The smallest absolute Gasteiger partial charge is 0.282 e. The van der Waals surface area contributed by atoms with E-state index in [1.807, 2.05) is 37.3 Å². The van der Waals surface area contributed by atoms with Crippen molar-refractivity contribution in [2.75, 3.05) is 12.4 Å². The number of hydrogen-bond donors (Lipinski definition) is 2. The summed E-state index contributed by atoms with van der Waals surface area (Å²) in [5.41, 5.74) is 3.45. The average molecular weight is 311 g/mol. The van der Waals surface area contributed by atoms with Crippen molar-refractivity contribution in [1.82, 2.24) is 0 Å². The minimum absolute atomic E-state index is 0.0486. The first kappa shape index (κ1) is 17.2. The molecule has 0 saturated heterocycles. The number of quaternary nitrogens is 1. The molecule has 23 heavy (non-hydrogen) atoms. The van der Waals surface area contributed by atoms with Crippen LogP contribution in [0.25, 0.3) is 0 Å². The van der Waals surface area contributed by atoms with E-state index in [1.165, 1.54) is 16.0 Å². The summed E-state index contributed by atoms with van der Waals surface area (Å²) in [4.78, 5) is 13.5. The fourth-order valence-corrected chi connectivity index (χ4v) is 2.49. The Morgan fingerprint density at radius 2 is 1.61 bits per heavy atom. The lowest BCUT2D eigenvalue weighted by Gasteiger charge is -2.21. The monoisotopic (exact) mass is 311 g/mol. The molecule has 0 radical (unpaired) electrons. The lowest BCUT2D eigenvalue weighted by molar-refractivity contribution is -0.907. The Balaban J connectivity index is 1.93. The SMILES string of the molecule is CC(C)c1ccc(C[NH+](C)[C@@H](C)C(=O)Nc2ccccc2)cc1. The second-order valence-electron chi connectivity index (χ2n) is 6.50. The van der Waals surface area contributed by atoms with Crippen LogP contribution in [0.2, 0.25) is 0 Å². The molecule has 2 atom stereocenters. The molecule has 3 heteroatoms. The molecule has 0 bridgehead atoms. The summed E-state index contributed by atoms with van der Waals surface area (Å²) in [5.74, 6) is 0.595. The average Bonchev–Trinajstić information content (AvgIpc) is 2.55. The van der Waals surface area contributed by atoms with Gasteiger partial charge >= 0.3 is 0 Å². The molecule has 0 spiro atoms. The highest BCUT2D eigenvalue weighted by atomic mass is 16.2. The largest absolute Gasteiger partial charge is 0.324 e. The molecule has 2 aromatic rings. The van der Waals surface area contributed by atoms with Crippen LogP contribution in [-0.4, -0.2) is 19.0 Å². The Labute approximate surface area is 139 Å². The van der Waals surface area contributed by atoms with Crippen LogP contribution < -0.4 is 10.2 Å². The Kier molecular flexibility index (Phi) is 5.94. The lowest BCUT2D eigenvalue weighted by atomic mass is 10.0. The zero-order chi connectivity index (χ0) is 16.8. The Morgan fingerprint density at radius 3 is 2.17 bits per heavy atom. The van der Waals surface area contributed by atoms with E-state index in [4.69, 9.17) is 0 Å². The molecular formula is C20H27N2O+. The predicted octanol–water partition coefficient (Wildman–Crippen LogP) is 2.85. The topological polar surface area (TPSA) is 33.5 Å². The van der Waals surface area contributed by atoms with Crippen molar-refractivity contribution in [1.29, 1.82) is 0 Å². The first-order valence-corrected chi connectivity index (χ1v) is 8.24. The predicted molar refractivity (Wildman–Crippen MR) is 95.7 cm³/mol. The molecule has 0 saturated carbocycles. The van der Waals surface area contributed by atoms with Crippen LogP contribution in [0, 0.1) is 0 Å². The van der Waals surface area contributed by atoms with Crippen LogP contribution >= 0.6 is 0 Å². The van der Waals surface area contributed by atoms with Gasteiger partial charge in [-0.05, 0) is 30.5 Å². The van der Waals surface area contributed by atoms with E-state index < -0.39 is 0 Å². The minimum atomic E-state index is -0.111. The van der Waals surface area contributed by atoms with Crippen molar-refractivity contribution in [2.24, 2.45) is 0 Å². The van der Waals surface area contributed by atoms with Gasteiger partial charge in [-0.3, -0.25) is 4.79 Å². The highest BCUT2D eigenvalue weighted by molar-refractivity contribution is 5.93. The summed E-state index contributed by atoms with van der Waals surface area (Å²) >= 11 is 0. The molecule has 0 aromatic heterocycles. The highest BCUT2D eigenvalue weighted by Crippen LogP contribution is 2.14. The number of benzene rings is 2. The fraction of sp³-hybridized carbons (Fsp3) is 0.350. The number of hydrogen-bond acceptors (Lipinski definition) is 1. The number of amides is 1. The summed E-state index contributed by atoms with van der Waals surface area (Å²) in [6, 6.07) is 18.2. The van der Waals surface area contributed by atoms with Gasteiger partial charge in [0.05, 0.1) is 7.05 Å². The van der Waals surface area contributed by atoms with E-state index in [-0.39, 0.29) is 11.9 Å². The lowest BCUT2D eigenvalue weighted by Crippen LogP contribution is -3.12.